The van der Waals surface area contributed by atoms with Gasteiger partial charge in [-0.15, -0.1) is 0 Å². The van der Waals surface area contributed by atoms with Crippen LogP contribution >= 0.6 is 23.2 Å². The number of esters is 1. The number of rotatable bonds is 4. The molecule has 1 aromatic rings. The van der Waals surface area contributed by atoms with Crippen LogP contribution in [-0.2, 0) is 9.53 Å². The third-order valence-electron chi connectivity index (χ3n) is 2.24. The molecule has 0 atom stereocenters. The van der Waals surface area contributed by atoms with Gasteiger partial charge in [-0.25, -0.2) is 0 Å². The van der Waals surface area contributed by atoms with Crippen molar-refractivity contribution in [1.29, 1.82) is 0 Å². The molecule has 0 spiro atoms. The van der Waals surface area contributed by atoms with E-state index in [2.05, 4.69) is 4.74 Å². The van der Waals surface area contributed by atoms with Gasteiger partial charge in [0.2, 0.25) is 0 Å². The summed E-state index contributed by atoms with van der Waals surface area (Å²) in [5.41, 5.74) is -0.736. The van der Waals surface area contributed by atoms with Gasteiger partial charge in [0.25, 0.3) is 0 Å². The molecule has 0 aliphatic carbocycles. The van der Waals surface area contributed by atoms with Gasteiger partial charge in [-0.1, -0.05) is 29.3 Å². The van der Waals surface area contributed by atoms with Gasteiger partial charge in [-0.05, 0) is 26.0 Å². The average molecular weight is 277 g/mol. The molecule has 0 N–H and O–H groups in total. The Morgan fingerprint density at radius 3 is 2.59 bits per heavy atom. The Balaban J connectivity index is 2.74. The molecular weight excluding hydrogens is 263 g/mol. The van der Waals surface area contributed by atoms with Gasteiger partial charge in [0.15, 0.2) is 0 Å². The Morgan fingerprint density at radius 1 is 1.35 bits per heavy atom. The van der Waals surface area contributed by atoms with Crippen molar-refractivity contribution in [2.75, 3.05) is 13.7 Å². The minimum Gasteiger partial charge on any atom is -0.491 e. The van der Waals surface area contributed by atoms with Crippen LogP contribution in [0, 0.1) is 5.41 Å². The third-order valence-corrected chi connectivity index (χ3v) is 3.04. The highest BCUT2D eigenvalue weighted by Crippen LogP contribution is 2.32. The number of hydrogen-bond donors (Lipinski definition) is 0. The monoisotopic (exact) mass is 276 g/mol. The van der Waals surface area contributed by atoms with Crippen LogP contribution in [0.15, 0.2) is 18.2 Å². The van der Waals surface area contributed by atoms with Gasteiger partial charge in [0.05, 0.1) is 17.5 Å². The lowest BCUT2D eigenvalue weighted by molar-refractivity contribution is -0.152. The van der Waals surface area contributed by atoms with Crippen LogP contribution in [0.25, 0.3) is 0 Å². The molecule has 5 heteroatoms. The first kappa shape index (κ1) is 14.1. The smallest absolute Gasteiger partial charge is 0.314 e. The van der Waals surface area contributed by atoms with Crippen LogP contribution in [0.5, 0.6) is 5.75 Å². The lowest BCUT2D eigenvalue weighted by Gasteiger charge is -2.22. The molecule has 1 aromatic carbocycles. The van der Waals surface area contributed by atoms with E-state index in [1.165, 1.54) is 7.11 Å². The fraction of sp³-hybridized carbons (Fsp3) is 0.417. The molecule has 17 heavy (non-hydrogen) atoms. The van der Waals surface area contributed by atoms with Crippen LogP contribution in [-0.4, -0.2) is 19.7 Å². The summed E-state index contributed by atoms with van der Waals surface area (Å²) in [6.45, 7) is 3.63. The van der Waals surface area contributed by atoms with Crippen LogP contribution < -0.4 is 4.74 Å². The molecule has 0 unspecified atom stereocenters. The van der Waals surface area contributed by atoms with E-state index in [9.17, 15) is 4.79 Å². The normalized spacial score (nSPS) is 11.1. The second-order valence-electron chi connectivity index (χ2n) is 4.22. The van der Waals surface area contributed by atoms with Crippen molar-refractivity contribution in [1.82, 2.24) is 0 Å². The number of methoxy groups -OCH3 is 1. The van der Waals surface area contributed by atoms with Gasteiger partial charge in [0, 0.05) is 0 Å². The largest absolute Gasteiger partial charge is 0.491 e. The van der Waals surface area contributed by atoms with E-state index >= 15 is 0 Å². The number of carbonyl (C=O) groups excluding carboxylic acids is 1. The minimum atomic E-state index is -0.736. The van der Waals surface area contributed by atoms with Gasteiger partial charge in [-0.2, -0.15) is 0 Å². The highest BCUT2D eigenvalue weighted by atomic mass is 35.5. The van der Waals surface area contributed by atoms with Gasteiger partial charge < -0.3 is 9.47 Å². The van der Waals surface area contributed by atoms with Crippen LogP contribution in [0.3, 0.4) is 0 Å². The molecule has 94 valence electrons. The first-order valence-electron chi connectivity index (χ1n) is 5.03. The first-order chi connectivity index (χ1) is 7.88. The summed E-state index contributed by atoms with van der Waals surface area (Å²) < 4.78 is 10.2. The number of hydrogen-bond acceptors (Lipinski definition) is 3. The van der Waals surface area contributed by atoms with E-state index in [0.29, 0.717) is 15.8 Å². The zero-order valence-electron chi connectivity index (χ0n) is 9.92. The second kappa shape index (κ2) is 5.61. The molecular formula is C12H14Cl2O3. The third kappa shape index (κ3) is 3.51. The molecule has 0 heterocycles. The Bertz CT molecular complexity index is 416. The van der Waals surface area contributed by atoms with E-state index in [0.717, 1.165) is 0 Å². The molecule has 0 aliphatic rings. The molecule has 0 radical (unpaired) electrons. The first-order valence-corrected chi connectivity index (χ1v) is 5.79. The van der Waals surface area contributed by atoms with Crippen molar-refractivity contribution in [3.05, 3.63) is 28.2 Å². The molecule has 0 amide bonds. The predicted octanol–water partition coefficient (Wildman–Crippen LogP) is 3.57. The van der Waals surface area contributed by atoms with Crippen LogP contribution in [0.2, 0.25) is 10.0 Å². The van der Waals surface area contributed by atoms with Crippen molar-refractivity contribution in [2.24, 2.45) is 5.41 Å². The summed E-state index contributed by atoms with van der Waals surface area (Å²) in [5.74, 6) is 0.117. The second-order valence-corrected chi connectivity index (χ2v) is 5.00. The summed E-state index contributed by atoms with van der Waals surface area (Å²) >= 11 is 11.8. The summed E-state index contributed by atoms with van der Waals surface area (Å²) in [6.07, 6.45) is 0. The predicted molar refractivity (Wildman–Crippen MR) is 67.8 cm³/mol. The van der Waals surface area contributed by atoms with Crippen molar-refractivity contribution in [3.63, 3.8) is 0 Å². The molecule has 0 fully saturated rings. The van der Waals surface area contributed by atoms with E-state index in [4.69, 9.17) is 27.9 Å². The standard InChI is InChI=1S/C12H14Cl2O3/c1-12(2,11(15)16-3)7-17-9-6-4-5-8(13)10(9)14/h4-6H,7H2,1-3H3. The van der Waals surface area contributed by atoms with E-state index in [1.54, 1.807) is 32.0 Å². The maximum atomic E-state index is 11.4. The van der Waals surface area contributed by atoms with Crippen molar-refractivity contribution < 1.29 is 14.3 Å². The molecule has 3 nitrogen and oxygen atoms in total. The topological polar surface area (TPSA) is 35.5 Å². The lowest BCUT2D eigenvalue weighted by Crippen LogP contribution is -2.32. The highest BCUT2D eigenvalue weighted by Gasteiger charge is 2.30. The summed E-state index contributed by atoms with van der Waals surface area (Å²) in [7, 11) is 1.34. The lowest BCUT2D eigenvalue weighted by atomic mass is 9.95. The Labute approximate surface area is 111 Å². The highest BCUT2D eigenvalue weighted by molar-refractivity contribution is 6.42. The van der Waals surface area contributed by atoms with E-state index in [1.807, 2.05) is 0 Å². The summed E-state index contributed by atoms with van der Waals surface area (Å²) in [4.78, 5) is 11.4. The Morgan fingerprint density at radius 2 is 2.00 bits per heavy atom. The molecule has 0 aromatic heterocycles. The number of halogens is 2. The van der Waals surface area contributed by atoms with Crippen LogP contribution in [0.4, 0.5) is 0 Å². The van der Waals surface area contributed by atoms with Crippen molar-refractivity contribution in [2.45, 2.75) is 13.8 Å². The maximum absolute atomic E-state index is 11.4. The number of ether oxygens (including phenoxy) is 2. The van der Waals surface area contributed by atoms with Gasteiger partial charge >= 0.3 is 5.97 Å². The molecule has 0 saturated carbocycles. The van der Waals surface area contributed by atoms with Crippen molar-refractivity contribution in [3.8, 4) is 5.75 Å². The molecule has 0 bridgehead atoms. The van der Waals surface area contributed by atoms with Crippen LogP contribution in [0.1, 0.15) is 13.8 Å². The van der Waals surface area contributed by atoms with E-state index < -0.39 is 5.41 Å². The fourth-order valence-corrected chi connectivity index (χ4v) is 1.54. The molecule has 0 aliphatic heterocycles. The minimum absolute atomic E-state index is 0.166. The number of carbonyl (C=O) groups is 1. The maximum Gasteiger partial charge on any atom is 0.314 e. The Hall–Kier alpha value is -0.930. The van der Waals surface area contributed by atoms with Gasteiger partial charge in [-0.3, -0.25) is 4.79 Å². The quantitative estimate of drug-likeness (QED) is 0.789. The summed E-state index contributed by atoms with van der Waals surface area (Å²) in [5, 5.41) is 0.759. The Kier molecular flexibility index (Phi) is 4.66. The van der Waals surface area contributed by atoms with Gasteiger partial charge in [0.1, 0.15) is 17.4 Å². The fourth-order valence-electron chi connectivity index (χ4n) is 1.19. The zero-order valence-corrected chi connectivity index (χ0v) is 11.4. The average Bonchev–Trinajstić information content (AvgIpc) is 2.30. The summed E-state index contributed by atoms with van der Waals surface area (Å²) in [6, 6.07) is 5.10. The molecule has 1 rings (SSSR count). The van der Waals surface area contributed by atoms with E-state index in [-0.39, 0.29) is 12.6 Å². The zero-order chi connectivity index (χ0) is 13.1. The SMILES string of the molecule is COC(=O)C(C)(C)COc1cccc(Cl)c1Cl. The number of benzene rings is 1. The molecule has 0 saturated heterocycles. The van der Waals surface area contributed by atoms with Crippen molar-refractivity contribution >= 4 is 29.2 Å².